The number of hydrogen-bond acceptors (Lipinski definition) is 0. The smallest absolute Gasteiger partial charge is 0.0260 e. The molecule has 23 heavy (non-hydrogen) atoms. The molecule has 0 bridgehead atoms. The van der Waals surface area contributed by atoms with Crippen LogP contribution in [0.5, 0.6) is 0 Å². The predicted molar refractivity (Wildman–Crippen MR) is 106 cm³/mol. The summed E-state index contributed by atoms with van der Waals surface area (Å²) in [6.07, 6.45) is 11.5. The van der Waals surface area contributed by atoms with Crippen molar-refractivity contribution in [3.05, 3.63) is 23.3 Å². The van der Waals surface area contributed by atoms with Crippen LogP contribution in [-0.2, 0) is 0 Å². The Labute approximate surface area is 146 Å². The van der Waals surface area contributed by atoms with E-state index in [9.17, 15) is 0 Å². The van der Waals surface area contributed by atoms with Crippen molar-refractivity contribution in [3.8, 4) is 0 Å². The second kappa shape index (κ2) is 8.04. The van der Waals surface area contributed by atoms with Crippen LogP contribution in [0.2, 0.25) is 0 Å². The third kappa shape index (κ3) is 6.48. The highest BCUT2D eigenvalue weighted by Gasteiger charge is 2.30. The van der Waals surface area contributed by atoms with Crippen molar-refractivity contribution < 1.29 is 0 Å². The minimum atomic E-state index is 0.522. The maximum absolute atomic E-state index is 2.46. The molecule has 2 aliphatic rings. The second-order valence-corrected chi connectivity index (χ2v) is 10.0. The van der Waals surface area contributed by atoms with Crippen LogP contribution in [0, 0.1) is 28.6 Å². The van der Waals surface area contributed by atoms with E-state index in [1.54, 1.807) is 11.1 Å². The fraction of sp³-hybridized carbons (Fsp3) is 0.826. The summed E-state index contributed by atoms with van der Waals surface area (Å²) in [5.41, 5.74) is 4.43. The van der Waals surface area contributed by atoms with E-state index in [2.05, 4.69) is 74.5 Å². The zero-order chi connectivity index (χ0) is 17.8. The summed E-state index contributed by atoms with van der Waals surface area (Å²) in [5.74, 6) is 2.36. The van der Waals surface area contributed by atoms with Gasteiger partial charge in [0.15, 0.2) is 0 Å². The minimum absolute atomic E-state index is 0.522. The van der Waals surface area contributed by atoms with E-state index in [1.165, 1.54) is 32.1 Å². The van der Waals surface area contributed by atoms with Gasteiger partial charge in [-0.3, -0.25) is 0 Å². The van der Waals surface area contributed by atoms with Crippen LogP contribution in [0.1, 0.15) is 94.4 Å². The molecule has 0 aromatic heterocycles. The summed E-state index contributed by atoms with van der Waals surface area (Å²) in [6, 6.07) is 0. The summed E-state index contributed by atoms with van der Waals surface area (Å²) in [7, 11) is 0. The van der Waals surface area contributed by atoms with Crippen LogP contribution in [0.15, 0.2) is 23.3 Å². The highest BCUT2D eigenvalue weighted by atomic mass is 14.3. The first-order chi connectivity index (χ1) is 10.4. The van der Waals surface area contributed by atoms with Gasteiger partial charge in [0.05, 0.1) is 0 Å². The Morgan fingerprint density at radius 3 is 1.87 bits per heavy atom. The van der Waals surface area contributed by atoms with Crippen molar-refractivity contribution in [2.24, 2.45) is 28.6 Å². The molecule has 0 fully saturated rings. The van der Waals surface area contributed by atoms with E-state index in [0.717, 1.165) is 17.8 Å². The molecule has 0 nitrogen and oxygen atoms in total. The molecule has 0 saturated heterocycles. The normalized spacial score (nSPS) is 26.3. The molecule has 1 atom stereocenters. The maximum Gasteiger partial charge on any atom is -0.0260 e. The molecule has 2 rings (SSSR count). The molecule has 2 aliphatic carbocycles. The zero-order valence-corrected chi connectivity index (χ0v) is 17.4. The van der Waals surface area contributed by atoms with Crippen LogP contribution < -0.4 is 0 Å². The Kier molecular flexibility index (Phi) is 7.17. The molecular formula is C23H42. The van der Waals surface area contributed by atoms with E-state index >= 15 is 0 Å². The van der Waals surface area contributed by atoms with Gasteiger partial charge >= 0.3 is 0 Å². The second-order valence-electron chi connectivity index (χ2n) is 10.0. The number of rotatable bonds is 2. The van der Waals surface area contributed by atoms with Gasteiger partial charge in [-0.25, -0.2) is 0 Å². The molecule has 0 aromatic carbocycles. The van der Waals surface area contributed by atoms with Gasteiger partial charge in [0.25, 0.3) is 0 Å². The lowest BCUT2D eigenvalue weighted by molar-refractivity contribution is 0.210. The first kappa shape index (κ1) is 20.5. The van der Waals surface area contributed by atoms with Gasteiger partial charge in [0.2, 0.25) is 0 Å². The summed E-state index contributed by atoms with van der Waals surface area (Å²) >= 11 is 0. The molecular weight excluding hydrogens is 276 g/mol. The van der Waals surface area contributed by atoms with Crippen LogP contribution in [-0.4, -0.2) is 0 Å². The molecule has 0 spiro atoms. The van der Waals surface area contributed by atoms with Crippen molar-refractivity contribution in [2.45, 2.75) is 94.4 Å². The van der Waals surface area contributed by atoms with Crippen LogP contribution >= 0.6 is 0 Å². The van der Waals surface area contributed by atoms with Gasteiger partial charge in [0, 0.05) is 0 Å². The van der Waals surface area contributed by atoms with Crippen LogP contribution in [0.3, 0.4) is 0 Å². The van der Waals surface area contributed by atoms with E-state index in [1.807, 2.05) is 0 Å². The number of hydrogen-bond donors (Lipinski definition) is 0. The quantitative estimate of drug-likeness (QED) is 0.455. The highest BCUT2D eigenvalue weighted by molar-refractivity contribution is 5.12. The zero-order valence-electron chi connectivity index (χ0n) is 17.4. The SMILES string of the molecule is CC(C)C1=CCC(C)(C)CC1.CC(C)C1=CCC(C)C(C)(C)C1. The van der Waals surface area contributed by atoms with Crippen molar-refractivity contribution >= 4 is 0 Å². The molecule has 0 heterocycles. The Balaban J connectivity index is 0.000000231. The third-order valence-electron chi connectivity index (χ3n) is 6.22. The van der Waals surface area contributed by atoms with Gasteiger partial charge in [-0.1, -0.05) is 85.6 Å². The van der Waals surface area contributed by atoms with E-state index < -0.39 is 0 Å². The fourth-order valence-electron chi connectivity index (χ4n) is 3.48. The topological polar surface area (TPSA) is 0 Å². The molecule has 0 heteroatoms. The first-order valence-electron chi connectivity index (χ1n) is 9.82. The Hall–Kier alpha value is -0.520. The summed E-state index contributed by atoms with van der Waals surface area (Å²) in [4.78, 5) is 0. The summed E-state index contributed by atoms with van der Waals surface area (Å²) in [6.45, 7) is 21.1. The Bertz CT molecular complexity index is 429. The van der Waals surface area contributed by atoms with Gasteiger partial charge in [-0.15, -0.1) is 0 Å². The summed E-state index contributed by atoms with van der Waals surface area (Å²) < 4.78 is 0. The fourth-order valence-corrected chi connectivity index (χ4v) is 3.48. The lowest BCUT2D eigenvalue weighted by Crippen LogP contribution is -2.26. The molecule has 0 amide bonds. The van der Waals surface area contributed by atoms with E-state index in [0.29, 0.717) is 10.8 Å². The summed E-state index contributed by atoms with van der Waals surface area (Å²) in [5, 5.41) is 0. The van der Waals surface area contributed by atoms with Gasteiger partial charge in [-0.2, -0.15) is 0 Å². The molecule has 0 aromatic rings. The minimum Gasteiger partial charge on any atom is -0.0848 e. The molecule has 0 saturated carbocycles. The van der Waals surface area contributed by atoms with Crippen LogP contribution in [0.25, 0.3) is 0 Å². The van der Waals surface area contributed by atoms with Crippen molar-refractivity contribution in [2.75, 3.05) is 0 Å². The Morgan fingerprint density at radius 2 is 1.48 bits per heavy atom. The van der Waals surface area contributed by atoms with Crippen molar-refractivity contribution in [3.63, 3.8) is 0 Å². The van der Waals surface area contributed by atoms with Gasteiger partial charge in [-0.05, 0) is 60.7 Å². The largest absolute Gasteiger partial charge is 0.0848 e. The molecule has 1 unspecified atom stereocenters. The average molecular weight is 319 g/mol. The van der Waals surface area contributed by atoms with Gasteiger partial charge in [0.1, 0.15) is 0 Å². The molecule has 134 valence electrons. The molecule has 0 radical (unpaired) electrons. The monoisotopic (exact) mass is 318 g/mol. The third-order valence-corrected chi connectivity index (χ3v) is 6.22. The standard InChI is InChI=1S/C12H22.C11H20/c1-9(2)11-7-6-10(3)12(4,5)8-11;1-9(2)10-5-7-11(3,4)8-6-10/h7,9-10H,6,8H2,1-5H3;5,9H,6-8H2,1-4H3. The maximum atomic E-state index is 2.46. The van der Waals surface area contributed by atoms with Crippen molar-refractivity contribution in [1.82, 2.24) is 0 Å². The van der Waals surface area contributed by atoms with E-state index in [4.69, 9.17) is 0 Å². The lowest BCUT2D eigenvalue weighted by Gasteiger charge is -2.37. The lowest BCUT2D eigenvalue weighted by atomic mass is 9.68. The highest BCUT2D eigenvalue weighted by Crippen LogP contribution is 2.41. The van der Waals surface area contributed by atoms with Crippen LogP contribution in [0.4, 0.5) is 0 Å². The van der Waals surface area contributed by atoms with E-state index in [-0.39, 0.29) is 0 Å². The first-order valence-corrected chi connectivity index (χ1v) is 9.82. The molecule has 0 N–H and O–H groups in total. The average Bonchev–Trinajstić information content (AvgIpc) is 2.42. The van der Waals surface area contributed by atoms with Gasteiger partial charge < -0.3 is 0 Å². The van der Waals surface area contributed by atoms with Crippen molar-refractivity contribution in [1.29, 1.82) is 0 Å². The molecule has 0 aliphatic heterocycles. The Morgan fingerprint density at radius 1 is 0.913 bits per heavy atom. The predicted octanol–water partition coefficient (Wildman–Crippen LogP) is 7.80. The number of allylic oxidation sites excluding steroid dienone is 4.